The number of hydrogen-bond donors (Lipinski definition) is 2. The number of nitrogens with zero attached hydrogens (tertiary/aromatic N) is 2. The van der Waals surface area contributed by atoms with E-state index in [1.807, 2.05) is 0 Å². The minimum absolute atomic E-state index is 0.109. The molecule has 27 heavy (non-hydrogen) atoms. The fourth-order valence-corrected chi connectivity index (χ4v) is 4.02. The molecular formula is C21H37N3O3. The lowest BCUT2D eigenvalue weighted by Gasteiger charge is -2.34. The molecule has 0 spiro atoms. The molecule has 3 heterocycles. The van der Waals surface area contributed by atoms with E-state index in [9.17, 15) is 5.11 Å². The van der Waals surface area contributed by atoms with E-state index in [1.165, 1.54) is 19.3 Å². The van der Waals surface area contributed by atoms with Gasteiger partial charge in [0.2, 0.25) is 0 Å². The van der Waals surface area contributed by atoms with Crippen LogP contribution in [0.2, 0.25) is 0 Å². The van der Waals surface area contributed by atoms with Crippen LogP contribution >= 0.6 is 0 Å². The first-order valence-corrected chi connectivity index (χ1v) is 10.8. The van der Waals surface area contributed by atoms with Gasteiger partial charge in [0.1, 0.15) is 0 Å². The Kier molecular flexibility index (Phi) is 8.12. The van der Waals surface area contributed by atoms with Gasteiger partial charge in [-0.25, -0.2) is 0 Å². The Morgan fingerprint density at radius 1 is 1.26 bits per heavy atom. The molecule has 154 valence electrons. The Balaban J connectivity index is 1.43. The number of ether oxygens (including phenoxy) is 1. The standard InChI is InChI=1S/C21H37N3O3/c1-16(2)8-9-22-14-21-20(25)7-6-18(26-21)12-17-13-19(27-23-17)15-24-10-4-3-5-11-24/h13,16,18,20-22,25H,3-12,14-15H2,1-2H3. The van der Waals surface area contributed by atoms with E-state index in [0.29, 0.717) is 12.5 Å². The number of aliphatic hydroxyl groups is 1. The number of aliphatic hydroxyl groups excluding tert-OH is 1. The molecule has 2 aliphatic heterocycles. The number of aromatic nitrogens is 1. The quantitative estimate of drug-likeness (QED) is 0.643. The number of nitrogens with one attached hydrogen (secondary N) is 1. The van der Waals surface area contributed by atoms with Gasteiger partial charge in [0.05, 0.1) is 30.6 Å². The zero-order valence-corrected chi connectivity index (χ0v) is 17.0. The topological polar surface area (TPSA) is 70.8 Å². The van der Waals surface area contributed by atoms with Crippen molar-refractivity contribution in [2.24, 2.45) is 5.92 Å². The molecule has 2 N–H and O–H groups in total. The minimum atomic E-state index is -0.375. The van der Waals surface area contributed by atoms with E-state index in [-0.39, 0.29) is 18.3 Å². The molecule has 6 nitrogen and oxygen atoms in total. The van der Waals surface area contributed by atoms with Crippen molar-refractivity contribution in [2.45, 2.75) is 83.6 Å². The largest absolute Gasteiger partial charge is 0.390 e. The summed E-state index contributed by atoms with van der Waals surface area (Å²) >= 11 is 0. The van der Waals surface area contributed by atoms with E-state index in [2.05, 4.69) is 35.3 Å². The first kappa shape index (κ1) is 20.8. The van der Waals surface area contributed by atoms with Crippen LogP contribution in [0.1, 0.15) is 63.8 Å². The molecule has 1 aromatic heterocycles. The molecule has 0 aromatic carbocycles. The Bertz CT molecular complexity index is 543. The molecule has 2 fully saturated rings. The maximum absolute atomic E-state index is 10.2. The van der Waals surface area contributed by atoms with Gasteiger partial charge in [0.25, 0.3) is 0 Å². The summed E-state index contributed by atoms with van der Waals surface area (Å²) in [6.45, 7) is 9.31. The molecule has 0 amide bonds. The average molecular weight is 380 g/mol. The van der Waals surface area contributed by atoms with Crippen molar-refractivity contribution < 1.29 is 14.4 Å². The monoisotopic (exact) mass is 379 g/mol. The third kappa shape index (κ3) is 6.86. The lowest BCUT2D eigenvalue weighted by molar-refractivity contribution is -0.114. The summed E-state index contributed by atoms with van der Waals surface area (Å²) in [5.41, 5.74) is 0.968. The highest BCUT2D eigenvalue weighted by Crippen LogP contribution is 2.23. The predicted octanol–water partition coefficient (Wildman–Crippen LogP) is 2.75. The van der Waals surface area contributed by atoms with Gasteiger partial charge < -0.3 is 19.7 Å². The molecule has 0 radical (unpaired) electrons. The highest BCUT2D eigenvalue weighted by Gasteiger charge is 2.30. The molecule has 0 saturated carbocycles. The number of likely N-dealkylation sites (tertiary alicyclic amines) is 1. The first-order chi connectivity index (χ1) is 13.1. The summed E-state index contributed by atoms with van der Waals surface area (Å²) in [4.78, 5) is 2.44. The van der Waals surface area contributed by atoms with Crippen molar-refractivity contribution in [2.75, 3.05) is 26.2 Å². The molecule has 3 unspecified atom stereocenters. The summed E-state index contributed by atoms with van der Waals surface area (Å²) in [6, 6.07) is 2.08. The van der Waals surface area contributed by atoms with Crippen LogP contribution in [0, 0.1) is 5.92 Å². The first-order valence-electron chi connectivity index (χ1n) is 10.8. The summed E-state index contributed by atoms with van der Waals surface area (Å²) in [5.74, 6) is 1.64. The number of piperidine rings is 1. The molecule has 0 aliphatic carbocycles. The van der Waals surface area contributed by atoms with Gasteiger partial charge in [-0.2, -0.15) is 0 Å². The maximum Gasteiger partial charge on any atom is 0.150 e. The van der Waals surface area contributed by atoms with Crippen LogP contribution in [0.5, 0.6) is 0 Å². The van der Waals surface area contributed by atoms with Gasteiger partial charge in [-0.15, -0.1) is 0 Å². The van der Waals surface area contributed by atoms with Gasteiger partial charge in [-0.3, -0.25) is 4.90 Å². The third-order valence-corrected chi connectivity index (χ3v) is 5.70. The van der Waals surface area contributed by atoms with Gasteiger partial charge in [-0.1, -0.05) is 25.4 Å². The lowest BCUT2D eigenvalue weighted by Crippen LogP contribution is -2.45. The highest BCUT2D eigenvalue weighted by molar-refractivity contribution is 5.07. The molecule has 2 aliphatic rings. The average Bonchev–Trinajstić information content (AvgIpc) is 3.08. The van der Waals surface area contributed by atoms with Gasteiger partial charge in [0, 0.05) is 19.0 Å². The van der Waals surface area contributed by atoms with Gasteiger partial charge in [0.15, 0.2) is 5.76 Å². The van der Waals surface area contributed by atoms with E-state index in [0.717, 1.165) is 63.3 Å². The van der Waals surface area contributed by atoms with Crippen LogP contribution in [0.4, 0.5) is 0 Å². The summed E-state index contributed by atoms with van der Waals surface area (Å²) in [5, 5.41) is 17.9. The van der Waals surface area contributed by atoms with E-state index in [4.69, 9.17) is 9.26 Å². The summed E-state index contributed by atoms with van der Waals surface area (Å²) < 4.78 is 11.7. The van der Waals surface area contributed by atoms with E-state index in [1.54, 1.807) is 0 Å². The zero-order valence-electron chi connectivity index (χ0n) is 17.0. The third-order valence-electron chi connectivity index (χ3n) is 5.70. The van der Waals surface area contributed by atoms with Crippen molar-refractivity contribution in [1.82, 2.24) is 15.4 Å². The van der Waals surface area contributed by atoms with E-state index < -0.39 is 0 Å². The Morgan fingerprint density at radius 2 is 2.07 bits per heavy atom. The summed E-state index contributed by atoms with van der Waals surface area (Å²) in [6.07, 6.45) is 7.09. The van der Waals surface area contributed by atoms with Crippen molar-refractivity contribution in [3.05, 3.63) is 17.5 Å². The Labute approximate surface area is 163 Å². The normalized spacial score (nSPS) is 27.3. The second-order valence-electron chi connectivity index (χ2n) is 8.65. The minimum Gasteiger partial charge on any atom is -0.390 e. The van der Waals surface area contributed by atoms with Crippen molar-refractivity contribution >= 4 is 0 Å². The molecule has 3 rings (SSSR count). The van der Waals surface area contributed by atoms with Gasteiger partial charge >= 0.3 is 0 Å². The Morgan fingerprint density at radius 3 is 2.85 bits per heavy atom. The molecule has 0 bridgehead atoms. The second-order valence-corrected chi connectivity index (χ2v) is 8.65. The lowest BCUT2D eigenvalue weighted by atomic mass is 9.98. The van der Waals surface area contributed by atoms with Crippen molar-refractivity contribution in [3.8, 4) is 0 Å². The number of hydrogen-bond acceptors (Lipinski definition) is 6. The molecular weight excluding hydrogens is 342 g/mol. The van der Waals surface area contributed by atoms with Crippen LogP contribution in [0.15, 0.2) is 10.6 Å². The van der Waals surface area contributed by atoms with Crippen LogP contribution in [0.25, 0.3) is 0 Å². The fourth-order valence-electron chi connectivity index (χ4n) is 4.02. The highest BCUT2D eigenvalue weighted by atomic mass is 16.5. The molecule has 1 aromatic rings. The fraction of sp³-hybridized carbons (Fsp3) is 0.857. The smallest absolute Gasteiger partial charge is 0.150 e. The SMILES string of the molecule is CC(C)CCNCC1OC(Cc2cc(CN3CCCCC3)on2)CCC1O. The second kappa shape index (κ2) is 10.6. The maximum atomic E-state index is 10.2. The van der Waals surface area contributed by atoms with Gasteiger partial charge in [-0.05, 0) is 57.7 Å². The molecule has 6 heteroatoms. The summed E-state index contributed by atoms with van der Waals surface area (Å²) in [7, 11) is 0. The van der Waals surface area contributed by atoms with Crippen LogP contribution in [0.3, 0.4) is 0 Å². The molecule has 2 saturated heterocycles. The molecule has 3 atom stereocenters. The number of rotatable bonds is 9. The zero-order chi connectivity index (χ0) is 19.1. The Hall–Kier alpha value is -0.950. The van der Waals surface area contributed by atoms with Crippen LogP contribution in [-0.2, 0) is 17.7 Å². The van der Waals surface area contributed by atoms with Crippen LogP contribution < -0.4 is 5.32 Å². The van der Waals surface area contributed by atoms with Crippen LogP contribution in [-0.4, -0.2) is 59.7 Å². The van der Waals surface area contributed by atoms with Crippen molar-refractivity contribution in [1.29, 1.82) is 0 Å². The predicted molar refractivity (Wildman–Crippen MR) is 106 cm³/mol. The van der Waals surface area contributed by atoms with E-state index >= 15 is 0 Å². The van der Waals surface area contributed by atoms with Crippen molar-refractivity contribution in [3.63, 3.8) is 0 Å².